The largest absolute Gasteiger partial charge is 0.507 e. The summed E-state index contributed by atoms with van der Waals surface area (Å²) >= 11 is 0. The molecule has 11 heteroatoms. The van der Waals surface area contributed by atoms with Gasteiger partial charge in [0.1, 0.15) is 5.75 Å². The average molecular weight is 544 g/mol. The molecule has 4 unspecified atom stereocenters. The van der Waals surface area contributed by atoms with Crippen LogP contribution in [-0.4, -0.2) is 87.6 Å². The molecule has 3 aliphatic rings. The first-order chi connectivity index (χ1) is 18.0. The molecule has 0 spiro atoms. The molecule has 2 saturated carbocycles. The second-order valence-corrected chi connectivity index (χ2v) is 12.6. The van der Waals surface area contributed by atoms with Crippen LogP contribution in [0.15, 0.2) is 12.1 Å². The average Bonchev–Trinajstić information content (AvgIpc) is 2.81. The quantitative estimate of drug-likeness (QED) is 0.304. The van der Waals surface area contributed by atoms with Crippen molar-refractivity contribution in [3.05, 3.63) is 28.8 Å². The SMILES string of the molecule is C[C@H]1c2ccc(CNCC(C)(C)C)c(O)c2C(=O)C2C(=O)[C@]3(O)C(=O)C(C(N)=O)C(=O)[C@@H](N(C)C)C3[C@@H](O)C21. The molecule has 3 aliphatic carbocycles. The summed E-state index contributed by atoms with van der Waals surface area (Å²) in [6, 6.07) is 1.96. The summed E-state index contributed by atoms with van der Waals surface area (Å²) in [5, 5.41) is 37.7. The van der Waals surface area contributed by atoms with Crippen LogP contribution >= 0.6 is 0 Å². The molecule has 2 fully saturated rings. The number of fused-ring (bicyclic) bond motifs is 3. The van der Waals surface area contributed by atoms with Crippen LogP contribution in [0.3, 0.4) is 0 Å². The molecule has 212 valence electrons. The van der Waals surface area contributed by atoms with Gasteiger partial charge in [-0.25, -0.2) is 0 Å². The number of nitrogens with two attached hydrogens (primary N) is 1. The topological polar surface area (TPSA) is 187 Å². The van der Waals surface area contributed by atoms with E-state index in [0.717, 1.165) is 0 Å². The summed E-state index contributed by atoms with van der Waals surface area (Å²) in [5.41, 5.74) is 3.04. The predicted octanol–water partition coefficient (Wildman–Crippen LogP) is -0.465. The highest BCUT2D eigenvalue weighted by Crippen LogP contribution is 2.54. The molecular weight excluding hydrogens is 506 g/mol. The summed E-state index contributed by atoms with van der Waals surface area (Å²) in [5.74, 6) is -13.2. The highest BCUT2D eigenvalue weighted by atomic mass is 16.3. The molecule has 39 heavy (non-hydrogen) atoms. The first-order valence-electron chi connectivity index (χ1n) is 13.0. The number of aromatic hydroxyl groups is 1. The second kappa shape index (κ2) is 9.58. The van der Waals surface area contributed by atoms with E-state index < -0.39 is 76.4 Å². The number of ketones is 4. The van der Waals surface area contributed by atoms with Gasteiger partial charge in [0.05, 0.1) is 29.5 Å². The van der Waals surface area contributed by atoms with Crippen molar-refractivity contribution in [3.63, 3.8) is 0 Å². The summed E-state index contributed by atoms with van der Waals surface area (Å²) in [4.78, 5) is 67.9. The Morgan fingerprint density at radius 2 is 1.74 bits per heavy atom. The van der Waals surface area contributed by atoms with E-state index in [1.807, 2.05) is 20.8 Å². The Morgan fingerprint density at radius 3 is 2.28 bits per heavy atom. The van der Waals surface area contributed by atoms with Gasteiger partial charge in [-0.15, -0.1) is 0 Å². The van der Waals surface area contributed by atoms with Crippen LogP contribution in [0, 0.1) is 29.1 Å². The van der Waals surface area contributed by atoms with Crippen LogP contribution in [0.4, 0.5) is 0 Å². The number of phenols is 1. The van der Waals surface area contributed by atoms with Crippen molar-refractivity contribution in [1.29, 1.82) is 0 Å². The fourth-order valence-electron chi connectivity index (χ4n) is 6.75. The Kier molecular flexibility index (Phi) is 7.13. The summed E-state index contributed by atoms with van der Waals surface area (Å²) in [6.07, 6.45) is -1.64. The number of benzene rings is 1. The van der Waals surface area contributed by atoms with Crippen molar-refractivity contribution in [1.82, 2.24) is 10.2 Å². The van der Waals surface area contributed by atoms with E-state index >= 15 is 0 Å². The van der Waals surface area contributed by atoms with E-state index in [-0.39, 0.29) is 23.3 Å². The number of nitrogens with zero attached hydrogens (tertiary/aromatic N) is 1. The Hall–Kier alpha value is -2.99. The van der Waals surface area contributed by atoms with E-state index in [4.69, 9.17) is 5.73 Å². The molecule has 0 heterocycles. The van der Waals surface area contributed by atoms with Gasteiger partial charge in [-0.05, 0) is 31.0 Å². The lowest BCUT2D eigenvalue weighted by Crippen LogP contribution is -2.77. The smallest absolute Gasteiger partial charge is 0.235 e. The minimum atomic E-state index is -3.00. The number of nitrogens with one attached hydrogen (secondary N) is 1. The lowest BCUT2D eigenvalue weighted by molar-refractivity contribution is -0.196. The molecule has 0 bridgehead atoms. The Bertz CT molecular complexity index is 1270. The van der Waals surface area contributed by atoms with Crippen molar-refractivity contribution in [3.8, 4) is 5.75 Å². The fourth-order valence-corrected chi connectivity index (χ4v) is 6.75. The number of phenolic OH excluding ortho intramolecular Hbond substituents is 1. The van der Waals surface area contributed by atoms with Crippen molar-refractivity contribution in [2.45, 2.75) is 57.9 Å². The van der Waals surface area contributed by atoms with Crippen LogP contribution in [0.5, 0.6) is 5.75 Å². The van der Waals surface area contributed by atoms with Crippen molar-refractivity contribution >= 4 is 29.0 Å². The van der Waals surface area contributed by atoms with Crippen molar-refractivity contribution in [2.75, 3.05) is 20.6 Å². The molecule has 4 rings (SSSR count). The Balaban J connectivity index is 1.83. The van der Waals surface area contributed by atoms with Gasteiger partial charge in [0, 0.05) is 24.6 Å². The number of likely N-dealkylation sites (N-methyl/N-ethyl adjacent to an activating group) is 1. The van der Waals surface area contributed by atoms with Crippen LogP contribution < -0.4 is 11.1 Å². The molecule has 0 saturated heterocycles. The number of aliphatic hydroxyl groups is 2. The molecule has 1 aromatic rings. The van der Waals surface area contributed by atoms with Crippen molar-refractivity contribution < 1.29 is 39.3 Å². The highest BCUT2D eigenvalue weighted by Gasteiger charge is 2.72. The van der Waals surface area contributed by atoms with Gasteiger partial charge >= 0.3 is 0 Å². The van der Waals surface area contributed by atoms with Gasteiger partial charge in [-0.1, -0.05) is 39.8 Å². The molecule has 1 amide bonds. The van der Waals surface area contributed by atoms with Gasteiger partial charge in [0.15, 0.2) is 34.7 Å². The zero-order valence-electron chi connectivity index (χ0n) is 23.0. The maximum Gasteiger partial charge on any atom is 0.235 e. The van der Waals surface area contributed by atoms with Crippen LogP contribution in [0.25, 0.3) is 0 Å². The van der Waals surface area contributed by atoms with Gasteiger partial charge < -0.3 is 26.4 Å². The fraction of sp³-hybridized carbons (Fsp3) is 0.607. The van der Waals surface area contributed by atoms with Crippen molar-refractivity contribution in [2.24, 2.45) is 34.8 Å². The van der Waals surface area contributed by atoms with E-state index in [0.29, 0.717) is 17.7 Å². The predicted molar refractivity (Wildman–Crippen MR) is 139 cm³/mol. The van der Waals surface area contributed by atoms with E-state index in [2.05, 4.69) is 5.32 Å². The van der Waals surface area contributed by atoms with Crippen LogP contribution in [0.1, 0.15) is 55.1 Å². The number of hydrogen-bond acceptors (Lipinski definition) is 10. The van der Waals surface area contributed by atoms with Gasteiger partial charge in [-0.2, -0.15) is 0 Å². The Morgan fingerprint density at radius 1 is 1.13 bits per heavy atom. The van der Waals surface area contributed by atoms with Gasteiger partial charge in [-0.3, -0.25) is 28.9 Å². The molecule has 0 aliphatic heterocycles. The molecule has 0 radical (unpaired) electrons. The molecule has 6 N–H and O–H groups in total. The summed E-state index contributed by atoms with van der Waals surface area (Å²) < 4.78 is 0. The van der Waals surface area contributed by atoms with Crippen LogP contribution in [-0.2, 0) is 25.7 Å². The first kappa shape index (κ1) is 29.0. The molecule has 11 nitrogen and oxygen atoms in total. The number of aliphatic hydroxyl groups excluding tert-OH is 1. The van der Waals surface area contributed by atoms with E-state index in [1.165, 1.54) is 19.0 Å². The number of hydrogen-bond donors (Lipinski definition) is 5. The number of Topliss-reactive ketones (excluding diaryl/α,β-unsaturated/α-hetero) is 4. The number of rotatable bonds is 5. The first-order valence-corrected chi connectivity index (χ1v) is 13.0. The molecule has 1 aromatic carbocycles. The number of amides is 1. The van der Waals surface area contributed by atoms with E-state index in [1.54, 1.807) is 19.1 Å². The van der Waals surface area contributed by atoms with Gasteiger partial charge in [0.2, 0.25) is 5.91 Å². The maximum atomic E-state index is 14.0. The third-order valence-corrected chi connectivity index (χ3v) is 8.54. The third kappa shape index (κ3) is 4.23. The highest BCUT2D eigenvalue weighted by molar-refractivity contribution is 6.32. The standard InChI is InChI=1S/C28H37N3O8/c1-11-13-8-7-12(9-30-10-27(2,3)4)20(32)15(13)21(33)16-14(11)22(34)18-19(31(5)6)23(35)17(26(29)38)25(37)28(18,39)24(16)36/h7-8,11,14,16-19,22,30,32,34,39H,9-10H2,1-6H3,(H2,29,38)/t11-,14?,16?,17?,18?,19-,22-,28-/m0/s1. The number of carbonyl (C=O) groups excluding carboxylic acids is 5. The van der Waals surface area contributed by atoms with Crippen LogP contribution in [0.2, 0.25) is 0 Å². The minimum absolute atomic E-state index is 0.0286. The zero-order chi connectivity index (χ0) is 29.4. The maximum absolute atomic E-state index is 14.0. The molecular formula is C28H37N3O8. The summed E-state index contributed by atoms with van der Waals surface area (Å²) in [7, 11) is 2.91. The van der Waals surface area contributed by atoms with E-state index in [9.17, 15) is 39.3 Å². The minimum Gasteiger partial charge on any atom is -0.507 e. The number of primary amides is 1. The Labute approximate surface area is 226 Å². The van der Waals surface area contributed by atoms with Gasteiger partial charge in [0.25, 0.3) is 0 Å². The lowest BCUT2D eigenvalue weighted by Gasteiger charge is -2.56. The zero-order valence-corrected chi connectivity index (χ0v) is 23.0. The third-order valence-electron chi connectivity index (χ3n) is 8.54. The lowest BCUT2D eigenvalue weighted by atomic mass is 9.49. The molecule has 0 aromatic heterocycles. The monoisotopic (exact) mass is 543 g/mol. The second-order valence-electron chi connectivity index (χ2n) is 12.6. The normalized spacial score (nSPS) is 34.5. The molecule has 8 atom stereocenters. The number of carbonyl (C=O) groups is 5. The summed E-state index contributed by atoms with van der Waals surface area (Å²) in [6.45, 7) is 8.69.